The molecule has 0 radical (unpaired) electrons. The zero-order valence-electron chi connectivity index (χ0n) is 12.0. The first kappa shape index (κ1) is 15.2. The molecule has 112 valence electrons. The number of piperazine rings is 1. The van der Waals surface area contributed by atoms with Crippen molar-refractivity contribution in [3.05, 3.63) is 0 Å². The molecular weight excluding hydrogens is 262 g/mol. The minimum Gasteiger partial charge on any atom is -0.314 e. The van der Waals surface area contributed by atoms with Crippen molar-refractivity contribution in [2.75, 3.05) is 45.5 Å². The Hall–Kier alpha value is -0.170. The number of nitrogens with zero attached hydrogens (tertiary/aromatic N) is 2. The molecule has 2 saturated heterocycles. The summed E-state index contributed by atoms with van der Waals surface area (Å²) in [5.41, 5.74) is 0. The number of hydrogen-bond donors (Lipinski definition) is 1. The highest BCUT2D eigenvalue weighted by atomic mass is 32.2. The van der Waals surface area contributed by atoms with Crippen LogP contribution in [0.2, 0.25) is 0 Å². The van der Waals surface area contributed by atoms with Crippen LogP contribution in [0, 0.1) is 0 Å². The lowest BCUT2D eigenvalue weighted by Crippen LogP contribution is -2.48. The average Bonchev–Trinajstić information content (AvgIpc) is 2.39. The Labute approximate surface area is 117 Å². The molecule has 2 rings (SSSR count). The fourth-order valence-electron chi connectivity index (χ4n) is 3.02. The highest BCUT2D eigenvalue weighted by Gasteiger charge is 2.23. The molecule has 0 saturated carbocycles. The van der Waals surface area contributed by atoms with Gasteiger partial charge in [-0.2, -0.15) is 4.31 Å². The molecule has 0 aliphatic carbocycles. The normalized spacial score (nSPS) is 27.5. The molecule has 0 bridgehead atoms. The molecule has 0 aromatic rings. The summed E-state index contributed by atoms with van der Waals surface area (Å²) in [6.45, 7) is 5.35. The predicted molar refractivity (Wildman–Crippen MR) is 77.7 cm³/mol. The van der Waals surface area contributed by atoms with Gasteiger partial charge < -0.3 is 10.2 Å². The van der Waals surface area contributed by atoms with E-state index in [2.05, 4.69) is 10.2 Å². The molecule has 1 N–H and O–H groups in total. The van der Waals surface area contributed by atoms with Gasteiger partial charge in [0.25, 0.3) is 0 Å². The van der Waals surface area contributed by atoms with Gasteiger partial charge >= 0.3 is 0 Å². The molecule has 0 amide bonds. The lowest BCUT2D eigenvalue weighted by atomic mass is 10.0. The van der Waals surface area contributed by atoms with E-state index in [9.17, 15) is 8.42 Å². The van der Waals surface area contributed by atoms with Crippen molar-refractivity contribution >= 4 is 10.0 Å². The van der Waals surface area contributed by atoms with Gasteiger partial charge in [0.05, 0.1) is 6.26 Å². The zero-order chi connectivity index (χ0) is 13.7. The predicted octanol–water partition coefficient (Wildman–Crippen LogP) is 0.486. The molecule has 0 aromatic carbocycles. The highest BCUT2D eigenvalue weighted by Crippen LogP contribution is 2.13. The molecule has 1 unspecified atom stereocenters. The van der Waals surface area contributed by atoms with E-state index < -0.39 is 10.0 Å². The van der Waals surface area contributed by atoms with Gasteiger partial charge in [-0.25, -0.2) is 8.42 Å². The molecule has 19 heavy (non-hydrogen) atoms. The van der Waals surface area contributed by atoms with E-state index in [0.29, 0.717) is 19.1 Å². The van der Waals surface area contributed by atoms with E-state index in [-0.39, 0.29) is 0 Å². The van der Waals surface area contributed by atoms with Crippen LogP contribution in [0.25, 0.3) is 0 Å². The Morgan fingerprint density at radius 3 is 2.47 bits per heavy atom. The first-order valence-electron chi connectivity index (χ1n) is 7.46. The molecule has 2 fully saturated rings. The van der Waals surface area contributed by atoms with Crippen LogP contribution in [-0.4, -0.2) is 69.2 Å². The summed E-state index contributed by atoms with van der Waals surface area (Å²) < 4.78 is 24.4. The molecule has 0 spiro atoms. The van der Waals surface area contributed by atoms with Gasteiger partial charge in [-0.05, 0) is 38.8 Å². The van der Waals surface area contributed by atoms with E-state index >= 15 is 0 Å². The Morgan fingerprint density at radius 1 is 1.16 bits per heavy atom. The Bertz CT molecular complexity index is 358. The third kappa shape index (κ3) is 5.02. The Balaban J connectivity index is 1.60. The second kappa shape index (κ2) is 7.02. The van der Waals surface area contributed by atoms with Crippen molar-refractivity contribution in [3.8, 4) is 0 Å². The van der Waals surface area contributed by atoms with E-state index in [4.69, 9.17) is 0 Å². The van der Waals surface area contributed by atoms with Crippen LogP contribution in [0.3, 0.4) is 0 Å². The number of sulfonamides is 1. The number of nitrogens with one attached hydrogen (secondary N) is 1. The van der Waals surface area contributed by atoms with Crippen LogP contribution < -0.4 is 5.32 Å². The van der Waals surface area contributed by atoms with Gasteiger partial charge in [0.1, 0.15) is 0 Å². The SMILES string of the molecule is CS(=O)(=O)N1CCN(CCCC2CCCCN2)CC1. The summed E-state index contributed by atoms with van der Waals surface area (Å²) in [5, 5.41) is 3.58. The number of rotatable bonds is 5. The maximum atomic E-state index is 11.4. The Morgan fingerprint density at radius 2 is 1.89 bits per heavy atom. The summed E-state index contributed by atoms with van der Waals surface area (Å²) >= 11 is 0. The second-order valence-corrected chi connectivity index (χ2v) is 7.78. The minimum absolute atomic E-state index is 0.653. The van der Waals surface area contributed by atoms with Crippen molar-refractivity contribution in [2.24, 2.45) is 0 Å². The third-order valence-corrected chi connectivity index (χ3v) is 5.54. The molecule has 1 atom stereocenters. The van der Waals surface area contributed by atoms with Crippen LogP contribution in [0.15, 0.2) is 0 Å². The van der Waals surface area contributed by atoms with Crippen LogP contribution >= 0.6 is 0 Å². The van der Waals surface area contributed by atoms with Crippen molar-refractivity contribution in [1.29, 1.82) is 0 Å². The third-order valence-electron chi connectivity index (χ3n) is 4.24. The van der Waals surface area contributed by atoms with E-state index in [1.807, 2.05) is 0 Å². The van der Waals surface area contributed by atoms with Gasteiger partial charge in [0.2, 0.25) is 10.0 Å². The molecular formula is C13H27N3O2S. The number of piperidine rings is 1. The van der Waals surface area contributed by atoms with Gasteiger partial charge in [-0.1, -0.05) is 6.42 Å². The zero-order valence-corrected chi connectivity index (χ0v) is 12.8. The summed E-state index contributed by atoms with van der Waals surface area (Å²) in [6.07, 6.45) is 7.79. The fraction of sp³-hybridized carbons (Fsp3) is 1.00. The van der Waals surface area contributed by atoms with Gasteiger partial charge in [0, 0.05) is 32.2 Å². The average molecular weight is 289 g/mol. The van der Waals surface area contributed by atoms with Crippen LogP contribution in [0.5, 0.6) is 0 Å². The summed E-state index contributed by atoms with van der Waals surface area (Å²) in [4.78, 5) is 2.39. The maximum absolute atomic E-state index is 11.4. The van der Waals surface area contributed by atoms with E-state index in [0.717, 1.165) is 19.6 Å². The summed E-state index contributed by atoms with van der Waals surface area (Å²) in [7, 11) is -2.99. The van der Waals surface area contributed by atoms with Crippen LogP contribution in [0.1, 0.15) is 32.1 Å². The fourth-order valence-corrected chi connectivity index (χ4v) is 3.84. The van der Waals surface area contributed by atoms with Crippen LogP contribution in [-0.2, 0) is 10.0 Å². The van der Waals surface area contributed by atoms with Gasteiger partial charge in [-0.15, -0.1) is 0 Å². The molecule has 2 heterocycles. The van der Waals surface area contributed by atoms with Gasteiger partial charge in [-0.3, -0.25) is 0 Å². The molecule has 2 aliphatic rings. The maximum Gasteiger partial charge on any atom is 0.211 e. The molecule has 5 nitrogen and oxygen atoms in total. The first-order valence-corrected chi connectivity index (χ1v) is 9.31. The topological polar surface area (TPSA) is 52.7 Å². The lowest BCUT2D eigenvalue weighted by Gasteiger charge is -2.33. The molecule has 2 aliphatic heterocycles. The lowest BCUT2D eigenvalue weighted by molar-refractivity contribution is 0.183. The first-order chi connectivity index (χ1) is 9.05. The Kier molecular flexibility index (Phi) is 5.62. The summed E-state index contributed by atoms with van der Waals surface area (Å²) in [5.74, 6) is 0. The minimum atomic E-state index is -2.99. The smallest absolute Gasteiger partial charge is 0.211 e. The van der Waals surface area contributed by atoms with E-state index in [1.165, 1.54) is 44.9 Å². The van der Waals surface area contributed by atoms with Crippen molar-refractivity contribution in [1.82, 2.24) is 14.5 Å². The van der Waals surface area contributed by atoms with Crippen molar-refractivity contribution in [3.63, 3.8) is 0 Å². The quantitative estimate of drug-likeness (QED) is 0.800. The number of hydrogen-bond acceptors (Lipinski definition) is 4. The molecule has 6 heteroatoms. The molecule has 0 aromatic heterocycles. The standard InChI is InChI=1S/C13H27N3O2S/c1-19(17,18)16-11-9-15(10-12-16)8-4-6-13-5-2-3-7-14-13/h13-14H,2-12H2,1H3. The van der Waals surface area contributed by atoms with Crippen molar-refractivity contribution < 1.29 is 8.42 Å². The monoisotopic (exact) mass is 289 g/mol. The largest absolute Gasteiger partial charge is 0.314 e. The van der Waals surface area contributed by atoms with Gasteiger partial charge in [0.15, 0.2) is 0 Å². The van der Waals surface area contributed by atoms with E-state index in [1.54, 1.807) is 4.31 Å². The highest BCUT2D eigenvalue weighted by molar-refractivity contribution is 7.88. The second-order valence-electron chi connectivity index (χ2n) is 5.79. The van der Waals surface area contributed by atoms with Crippen LogP contribution in [0.4, 0.5) is 0 Å². The summed E-state index contributed by atoms with van der Waals surface area (Å²) in [6, 6.07) is 0.714. The van der Waals surface area contributed by atoms with Crippen molar-refractivity contribution in [2.45, 2.75) is 38.1 Å².